The van der Waals surface area contributed by atoms with Gasteiger partial charge in [0, 0.05) is 31.6 Å². The summed E-state index contributed by atoms with van der Waals surface area (Å²) in [7, 11) is 3.31. The number of rotatable bonds is 4. The van der Waals surface area contributed by atoms with Crippen molar-refractivity contribution in [1.82, 2.24) is 0 Å². The maximum absolute atomic E-state index is 10.4. The van der Waals surface area contributed by atoms with Gasteiger partial charge in [0.2, 0.25) is 0 Å². The van der Waals surface area contributed by atoms with Gasteiger partial charge >= 0.3 is 0 Å². The van der Waals surface area contributed by atoms with E-state index in [-0.39, 0.29) is 5.60 Å². The van der Waals surface area contributed by atoms with Gasteiger partial charge in [-0.2, -0.15) is 0 Å². The Labute approximate surface area is 120 Å². The fraction of sp³-hybridized carbons (Fsp3) is 0.625. The van der Waals surface area contributed by atoms with E-state index in [1.807, 2.05) is 39.0 Å². The number of hydrogen-bond donors (Lipinski definition) is 1. The van der Waals surface area contributed by atoms with Crippen molar-refractivity contribution >= 4 is 0 Å². The van der Waals surface area contributed by atoms with Crippen molar-refractivity contribution in [3.8, 4) is 11.5 Å². The third kappa shape index (κ3) is 3.07. The molecule has 0 saturated carbocycles. The summed E-state index contributed by atoms with van der Waals surface area (Å²) in [5.41, 5.74) is 0.0573. The molecule has 0 saturated heterocycles. The van der Waals surface area contributed by atoms with Crippen LogP contribution in [0.2, 0.25) is 0 Å². The zero-order valence-corrected chi connectivity index (χ0v) is 12.9. The smallest absolute Gasteiger partial charge is 0.129 e. The highest BCUT2D eigenvalue weighted by molar-refractivity contribution is 5.44. The Balaban J connectivity index is 2.29. The summed E-state index contributed by atoms with van der Waals surface area (Å²) in [6.45, 7) is 6.06. The van der Waals surface area contributed by atoms with Crippen molar-refractivity contribution < 1.29 is 19.3 Å². The molecule has 1 aromatic carbocycles. The summed E-state index contributed by atoms with van der Waals surface area (Å²) in [5.74, 6) is 1.42. The first kappa shape index (κ1) is 15.1. The molecule has 0 aliphatic carbocycles. The van der Waals surface area contributed by atoms with E-state index < -0.39 is 11.7 Å². The van der Waals surface area contributed by atoms with E-state index in [0.717, 1.165) is 11.3 Å². The fourth-order valence-electron chi connectivity index (χ4n) is 2.91. The topological polar surface area (TPSA) is 47.9 Å². The molecule has 0 bridgehead atoms. The van der Waals surface area contributed by atoms with Gasteiger partial charge in [0.15, 0.2) is 0 Å². The number of hydrogen-bond acceptors (Lipinski definition) is 4. The molecule has 112 valence electrons. The summed E-state index contributed by atoms with van der Waals surface area (Å²) in [6.07, 6.45) is 0.728. The number of benzene rings is 1. The van der Waals surface area contributed by atoms with Crippen LogP contribution in [0.5, 0.6) is 11.5 Å². The first-order valence-electron chi connectivity index (χ1n) is 6.89. The van der Waals surface area contributed by atoms with Crippen molar-refractivity contribution in [1.29, 1.82) is 0 Å². The van der Waals surface area contributed by atoms with Crippen LogP contribution in [0.15, 0.2) is 18.2 Å². The highest BCUT2D eigenvalue weighted by Gasteiger charge is 2.41. The Morgan fingerprint density at radius 3 is 2.70 bits per heavy atom. The number of fused-ring (bicyclic) bond motifs is 1. The van der Waals surface area contributed by atoms with Gasteiger partial charge in [0.1, 0.15) is 17.1 Å². The lowest BCUT2D eigenvalue weighted by Gasteiger charge is -2.42. The van der Waals surface area contributed by atoms with Gasteiger partial charge < -0.3 is 19.3 Å². The quantitative estimate of drug-likeness (QED) is 0.920. The molecule has 1 aromatic rings. The van der Waals surface area contributed by atoms with E-state index in [4.69, 9.17) is 14.2 Å². The van der Waals surface area contributed by atoms with Crippen molar-refractivity contribution in [3.05, 3.63) is 23.8 Å². The van der Waals surface area contributed by atoms with Gasteiger partial charge in [-0.3, -0.25) is 0 Å². The number of aliphatic hydroxyl groups is 1. The molecule has 1 N–H and O–H groups in total. The average Bonchev–Trinajstić information content (AvgIpc) is 2.36. The predicted molar refractivity (Wildman–Crippen MR) is 77.3 cm³/mol. The second-order valence-electron chi connectivity index (χ2n) is 6.32. The Morgan fingerprint density at radius 2 is 2.10 bits per heavy atom. The van der Waals surface area contributed by atoms with Gasteiger partial charge in [0.05, 0.1) is 18.8 Å². The third-order valence-electron chi connectivity index (χ3n) is 3.91. The van der Waals surface area contributed by atoms with Gasteiger partial charge in [0.25, 0.3) is 0 Å². The van der Waals surface area contributed by atoms with Crippen LogP contribution < -0.4 is 9.47 Å². The highest BCUT2D eigenvalue weighted by atomic mass is 16.5. The van der Waals surface area contributed by atoms with E-state index >= 15 is 0 Å². The van der Waals surface area contributed by atoms with E-state index in [9.17, 15) is 5.11 Å². The van der Waals surface area contributed by atoms with Gasteiger partial charge in [-0.25, -0.2) is 0 Å². The third-order valence-corrected chi connectivity index (χ3v) is 3.91. The van der Waals surface area contributed by atoms with E-state index in [1.165, 1.54) is 0 Å². The largest absolute Gasteiger partial charge is 0.497 e. The summed E-state index contributed by atoms with van der Waals surface area (Å²) in [4.78, 5) is 0. The zero-order valence-electron chi connectivity index (χ0n) is 12.9. The molecule has 0 amide bonds. The van der Waals surface area contributed by atoms with Crippen LogP contribution in [-0.2, 0) is 4.74 Å². The van der Waals surface area contributed by atoms with E-state index in [0.29, 0.717) is 18.6 Å². The molecule has 0 aromatic heterocycles. The average molecular weight is 280 g/mol. The van der Waals surface area contributed by atoms with Crippen LogP contribution in [0, 0.1) is 0 Å². The lowest BCUT2D eigenvalue weighted by Crippen LogP contribution is -2.44. The van der Waals surface area contributed by atoms with Crippen LogP contribution >= 0.6 is 0 Å². The molecular formula is C16H24O4. The summed E-state index contributed by atoms with van der Waals surface area (Å²) in [6, 6.07) is 5.53. The minimum absolute atomic E-state index is 0.301. The minimum atomic E-state index is -0.526. The summed E-state index contributed by atoms with van der Waals surface area (Å²) >= 11 is 0. The van der Waals surface area contributed by atoms with Crippen LogP contribution in [0.25, 0.3) is 0 Å². The molecule has 4 nitrogen and oxygen atoms in total. The normalized spacial score (nSPS) is 25.8. The molecular weight excluding hydrogens is 256 g/mol. The van der Waals surface area contributed by atoms with Crippen molar-refractivity contribution in [2.75, 3.05) is 14.2 Å². The van der Waals surface area contributed by atoms with E-state index in [2.05, 4.69) is 0 Å². The standard InChI is InChI=1S/C16H24O4/c1-15(2,19-5)10-16(3)9-13(17)12-7-6-11(18-4)8-14(12)20-16/h6-8,13,17H,9-10H2,1-5H3/t13-,16?/m0/s1. The molecule has 1 heterocycles. The fourth-order valence-corrected chi connectivity index (χ4v) is 2.91. The Morgan fingerprint density at radius 1 is 1.40 bits per heavy atom. The van der Waals surface area contributed by atoms with Crippen molar-refractivity contribution in [3.63, 3.8) is 0 Å². The van der Waals surface area contributed by atoms with Gasteiger partial charge in [-0.05, 0) is 32.9 Å². The number of methoxy groups -OCH3 is 2. The first-order chi connectivity index (χ1) is 9.28. The number of aliphatic hydroxyl groups excluding tert-OH is 1. The summed E-state index contributed by atoms with van der Waals surface area (Å²) < 4.78 is 16.9. The Kier molecular flexibility index (Phi) is 3.98. The molecule has 4 heteroatoms. The SMILES string of the molecule is COc1ccc2c(c1)OC(C)(CC(C)(C)OC)C[C@@H]2O. The molecule has 0 spiro atoms. The molecule has 0 radical (unpaired) electrons. The minimum Gasteiger partial charge on any atom is -0.497 e. The van der Waals surface area contributed by atoms with Crippen LogP contribution in [0.4, 0.5) is 0 Å². The molecule has 2 rings (SSSR count). The van der Waals surface area contributed by atoms with Crippen LogP contribution in [-0.4, -0.2) is 30.5 Å². The van der Waals surface area contributed by atoms with Crippen LogP contribution in [0.3, 0.4) is 0 Å². The van der Waals surface area contributed by atoms with E-state index in [1.54, 1.807) is 14.2 Å². The maximum Gasteiger partial charge on any atom is 0.129 e. The Bertz CT molecular complexity index is 483. The zero-order chi connectivity index (χ0) is 15.0. The first-order valence-corrected chi connectivity index (χ1v) is 6.89. The van der Waals surface area contributed by atoms with Crippen molar-refractivity contribution in [2.24, 2.45) is 0 Å². The second-order valence-corrected chi connectivity index (χ2v) is 6.32. The predicted octanol–water partition coefficient (Wildman–Crippen LogP) is 3.08. The molecule has 2 atom stereocenters. The van der Waals surface area contributed by atoms with Gasteiger partial charge in [-0.1, -0.05) is 0 Å². The highest BCUT2D eigenvalue weighted by Crippen LogP contribution is 2.44. The van der Waals surface area contributed by atoms with Crippen LogP contribution in [0.1, 0.15) is 45.3 Å². The molecule has 1 aliphatic heterocycles. The molecule has 1 unspecified atom stereocenters. The maximum atomic E-state index is 10.4. The monoisotopic (exact) mass is 280 g/mol. The molecule has 20 heavy (non-hydrogen) atoms. The second kappa shape index (κ2) is 5.26. The lowest BCUT2D eigenvalue weighted by molar-refractivity contribution is -0.0747. The van der Waals surface area contributed by atoms with Crippen molar-refractivity contribution in [2.45, 2.75) is 50.9 Å². The Hall–Kier alpha value is -1.26. The molecule has 0 fully saturated rings. The number of ether oxygens (including phenoxy) is 3. The van der Waals surface area contributed by atoms with Gasteiger partial charge in [-0.15, -0.1) is 0 Å². The summed E-state index contributed by atoms with van der Waals surface area (Å²) in [5, 5.41) is 10.4. The molecule has 1 aliphatic rings. The lowest BCUT2D eigenvalue weighted by atomic mass is 9.82.